The van der Waals surface area contributed by atoms with Crippen LogP contribution < -0.4 is 15.8 Å². The molecule has 5 N–H and O–H groups in total. The van der Waals surface area contributed by atoms with Crippen molar-refractivity contribution in [1.29, 1.82) is 0 Å². The van der Waals surface area contributed by atoms with Gasteiger partial charge in [0.1, 0.15) is 6.61 Å². The summed E-state index contributed by atoms with van der Waals surface area (Å²) in [5.74, 6) is 5.12. The van der Waals surface area contributed by atoms with Gasteiger partial charge in [0, 0.05) is 18.7 Å². The predicted octanol–water partition coefficient (Wildman–Crippen LogP) is -1.02. The van der Waals surface area contributed by atoms with Crippen molar-refractivity contribution in [3.8, 4) is 11.8 Å². The quantitative estimate of drug-likeness (QED) is 0.410. The topological polar surface area (TPSA) is 122 Å². The van der Waals surface area contributed by atoms with Gasteiger partial charge in [-0.3, -0.25) is 0 Å². The molecule has 0 aliphatic rings. The Labute approximate surface area is 117 Å². The first kappa shape index (κ1) is 16.0. The van der Waals surface area contributed by atoms with Crippen molar-refractivity contribution in [3.05, 3.63) is 29.8 Å². The third-order valence-electron chi connectivity index (χ3n) is 2.19. The van der Waals surface area contributed by atoms with E-state index in [1.165, 1.54) is 12.1 Å². The maximum atomic E-state index is 11.9. The van der Waals surface area contributed by atoms with E-state index < -0.39 is 16.1 Å². The molecule has 0 aliphatic heterocycles. The van der Waals surface area contributed by atoms with Gasteiger partial charge >= 0.3 is 6.03 Å². The number of urea groups is 1. The highest BCUT2D eigenvalue weighted by Crippen LogP contribution is 2.09. The van der Waals surface area contributed by atoms with Crippen LogP contribution in [0.5, 0.6) is 0 Å². The number of aliphatic hydroxyl groups is 1. The smallest absolute Gasteiger partial charge is 0.312 e. The largest absolute Gasteiger partial charge is 0.384 e. The molecule has 0 saturated carbocycles. The van der Waals surface area contributed by atoms with Crippen LogP contribution in [0.4, 0.5) is 4.79 Å². The molecule has 8 heteroatoms. The zero-order valence-corrected chi connectivity index (χ0v) is 11.4. The van der Waals surface area contributed by atoms with Crippen molar-refractivity contribution in [2.45, 2.75) is 4.90 Å². The standard InChI is InChI=1S/C12H15N3O4S/c13-12(17)14-7-8-15-20(18,19)11-5-3-10(4-6-11)2-1-9-16/h3-6,15-16H,7-9H2,(H3,13,14,17). The van der Waals surface area contributed by atoms with E-state index in [4.69, 9.17) is 10.8 Å². The third kappa shape index (κ3) is 5.27. The van der Waals surface area contributed by atoms with Crippen molar-refractivity contribution in [3.63, 3.8) is 0 Å². The lowest BCUT2D eigenvalue weighted by Gasteiger charge is -2.07. The molecule has 0 bridgehead atoms. The van der Waals surface area contributed by atoms with Crippen molar-refractivity contribution in [1.82, 2.24) is 10.0 Å². The van der Waals surface area contributed by atoms with E-state index in [-0.39, 0.29) is 24.6 Å². The Morgan fingerprint density at radius 3 is 2.45 bits per heavy atom. The van der Waals surface area contributed by atoms with E-state index in [2.05, 4.69) is 21.9 Å². The monoisotopic (exact) mass is 297 g/mol. The molecule has 0 radical (unpaired) electrons. The molecule has 0 fully saturated rings. The van der Waals surface area contributed by atoms with Crippen LogP contribution in [0, 0.1) is 11.8 Å². The molecule has 0 spiro atoms. The molecular formula is C12H15N3O4S. The number of hydrogen-bond acceptors (Lipinski definition) is 4. The molecule has 20 heavy (non-hydrogen) atoms. The lowest BCUT2D eigenvalue weighted by molar-refractivity contribution is 0.249. The molecule has 0 aliphatic carbocycles. The minimum absolute atomic E-state index is 0.0390. The highest BCUT2D eigenvalue weighted by Gasteiger charge is 2.12. The van der Waals surface area contributed by atoms with Crippen LogP contribution in [0.1, 0.15) is 5.56 Å². The summed E-state index contributed by atoms with van der Waals surface area (Å²) in [6.07, 6.45) is 0. The lowest BCUT2D eigenvalue weighted by atomic mass is 10.2. The second-order valence-corrected chi connectivity index (χ2v) is 5.44. The maximum Gasteiger partial charge on any atom is 0.312 e. The molecule has 7 nitrogen and oxygen atoms in total. The van der Waals surface area contributed by atoms with Crippen LogP contribution in [-0.4, -0.2) is 39.3 Å². The summed E-state index contributed by atoms with van der Waals surface area (Å²) < 4.78 is 26.1. The highest BCUT2D eigenvalue weighted by molar-refractivity contribution is 7.89. The Bertz CT molecular complexity index is 614. The van der Waals surface area contributed by atoms with E-state index in [1.807, 2.05) is 0 Å². The lowest BCUT2D eigenvalue weighted by Crippen LogP contribution is -2.37. The molecule has 1 aromatic rings. The van der Waals surface area contributed by atoms with E-state index in [1.54, 1.807) is 12.1 Å². The zero-order chi connectivity index (χ0) is 15.0. The van der Waals surface area contributed by atoms with Crippen LogP contribution in [0.2, 0.25) is 0 Å². The van der Waals surface area contributed by atoms with Crippen LogP contribution in [0.3, 0.4) is 0 Å². The van der Waals surface area contributed by atoms with E-state index in [9.17, 15) is 13.2 Å². The Morgan fingerprint density at radius 2 is 1.90 bits per heavy atom. The first-order valence-corrected chi connectivity index (χ1v) is 7.17. The van der Waals surface area contributed by atoms with Gasteiger partial charge in [-0.2, -0.15) is 0 Å². The molecule has 1 rings (SSSR count). The molecular weight excluding hydrogens is 282 g/mol. The van der Waals surface area contributed by atoms with Gasteiger partial charge in [0.25, 0.3) is 0 Å². The Kier molecular flexibility index (Phi) is 5.99. The normalized spacial score (nSPS) is 10.4. The van der Waals surface area contributed by atoms with E-state index >= 15 is 0 Å². The summed E-state index contributed by atoms with van der Waals surface area (Å²) in [6.45, 7) is -0.111. The fraction of sp³-hybridized carbons (Fsp3) is 0.250. The SMILES string of the molecule is NC(=O)NCCNS(=O)(=O)c1ccc(C#CCO)cc1. The van der Waals surface area contributed by atoms with Gasteiger partial charge in [-0.15, -0.1) is 0 Å². The summed E-state index contributed by atoms with van der Waals surface area (Å²) in [4.78, 5) is 10.5. The second kappa shape index (κ2) is 7.49. The number of hydrogen-bond donors (Lipinski definition) is 4. The number of sulfonamides is 1. The fourth-order valence-corrected chi connectivity index (χ4v) is 2.35. The number of primary amides is 1. The average Bonchev–Trinajstić information content (AvgIpc) is 2.42. The highest BCUT2D eigenvalue weighted by atomic mass is 32.2. The molecule has 0 heterocycles. The third-order valence-corrected chi connectivity index (χ3v) is 3.67. The van der Waals surface area contributed by atoms with Crippen LogP contribution >= 0.6 is 0 Å². The molecule has 0 saturated heterocycles. The van der Waals surface area contributed by atoms with Crippen LogP contribution in [0.15, 0.2) is 29.2 Å². The molecule has 0 atom stereocenters. The maximum absolute atomic E-state index is 11.9. The average molecular weight is 297 g/mol. The molecule has 0 aromatic heterocycles. The van der Waals surface area contributed by atoms with Gasteiger partial charge in [-0.05, 0) is 24.3 Å². The first-order chi connectivity index (χ1) is 9.45. The van der Waals surface area contributed by atoms with Gasteiger partial charge in [0.15, 0.2) is 0 Å². The zero-order valence-electron chi connectivity index (χ0n) is 10.6. The van der Waals surface area contributed by atoms with Gasteiger partial charge < -0.3 is 16.2 Å². The van der Waals surface area contributed by atoms with Gasteiger partial charge in [0.05, 0.1) is 4.90 Å². The summed E-state index contributed by atoms with van der Waals surface area (Å²) in [6, 6.07) is 5.19. The molecule has 0 unspecified atom stereocenters. The number of carbonyl (C=O) groups excluding carboxylic acids is 1. The number of amides is 2. The summed E-state index contributed by atoms with van der Waals surface area (Å²) in [5.41, 5.74) is 5.46. The molecule has 1 aromatic carbocycles. The summed E-state index contributed by atoms with van der Waals surface area (Å²) >= 11 is 0. The summed E-state index contributed by atoms with van der Waals surface area (Å²) in [5, 5.41) is 10.8. The van der Waals surface area contributed by atoms with E-state index in [0.29, 0.717) is 5.56 Å². The molecule has 2 amide bonds. The van der Waals surface area contributed by atoms with Crippen molar-refractivity contribution >= 4 is 16.1 Å². The minimum Gasteiger partial charge on any atom is -0.384 e. The fourth-order valence-electron chi connectivity index (χ4n) is 1.31. The number of benzene rings is 1. The van der Waals surface area contributed by atoms with Crippen molar-refractivity contribution in [2.24, 2.45) is 5.73 Å². The van der Waals surface area contributed by atoms with Crippen LogP contribution in [0.25, 0.3) is 0 Å². The van der Waals surface area contributed by atoms with Crippen molar-refractivity contribution in [2.75, 3.05) is 19.7 Å². The number of carbonyl (C=O) groups is 1. The Balaban J connectivity index is 2.65. The number of nitrogens with one attached hydrogen (secondary N) is 2. The van der Waals surface area contributed by atoms with Gasteiger partial charge in [-0.1, -0.05) is 11.8 Å². The Morgan fingerprint density at radius 1 is 1.25 bits per heavy atom. The molecule has 108 valence electrons. The first-order valence-electron chi connectivity index (χ1n) is 5.68. The minimum atomic E-state index is -3.64. The summed E-state index contributed by atoms with van der Waals surface area (Å²) in [7, 11) is -3.64. The Hall–Kier alpha value is -2.08. The van der Waals surface area contributed by atoms with Gasteiger partial charge in [0.2, 0.25) is 10.0 Å². The van der Waals surface area contributed by atoms with Crippen LogP contribution in [-0.2, 0) is 10.0 Å². The van der Waals surface area contributed by atoms with Gasteiger partial charge in [-0.25, -0.2) is 17.9 Å². The predicted molar refractivity (Wildman–Crippen MR) is 73.2 cm³/mol. The van der Waals surface area contributed by atoms with Crippen molar-refractivity contribution < 1.29 is 18.3 Å². The second-order valence-electron chi connectivity index (χ2n) is 3.67. The van der Waals surface area contributed by atoms with E-state index in [0.717, 1.165) is 0 Å². The number of nitrogens with two attached hydrogens (primary N) is 1. The number of aliphatic hydroxyl groups excluding tert-OH is 1. The number of rotatable bonds is 5.